The molecule has 2 heteroatoms. The van der Waals surface area contributed by atoms with Gasteiger partial charge >= 0.3 is 6.21 Å². The summed E-state index contributed by atoms with van der Waals surface area (Å²) in [5.74, 6) is 0. The van der Waals surface area contributed by atoms with Gasteiger partial charge in [0.15, 0.2) is 0 Å². The summed E-state index contributed by atoms with van der Waals surface area (Å²) < 4.78 is 3.47. The highest BCUT2D eigenvalue weighted by atomic mass is 16.1. The second-order valence-electron chi connectivity index (χ2n) is 0.692. The summed E-state index contributed by atoms with van der Waals surface area (Å²) in [4.78, 5) is 9.39. The number of rotatable bonds is 1. The molecule has 0 aliphatic heterocycles. The van der Waals surface area contributed by atoms with E-state index in [-0.39, 0.29) is 0 Å². The molecule has 32 valence electrons. The maximum Gasteiger partial charge on any atom is 0.331 e. The Morgan fingerprint density at radius 3 is 2.50 bits per heavy atom. The Balaban J connectivity index is 3.46. The molecule has 0 radical (unpaired) electrons. The molecule has 0 fully saturated rings. The van der Waals surface area contributed by atoms with Crippen molar-refractivity contribution in [3.8, 4) is 0 Å². The minimum absolute atomic E-state index is 0.639. The van der Waals surface area contributed by atoms with E-state index in [4.69, 9.17) is 0 Å². The Labute approximate surface area is 36.2 Å². The molecule has 0 aromatic carbocycles. The first kappa shape index (κ1) is 5.12. The van der Waals surface area contributed by atoms with Crippen molar-refractivity contribution in [1.82, 2.24) is 4.67 Å². The second kappa shape index (κ2) is 4.12. The Kier molecular flexibility index (Phi) is 3.52. The molecule has 0 aromatic rings. The lowest BCUT2D eigenvalue weighted by Gasteiger charge is -1.34. The molecule has 0 spiro atoms. The smallest absolute Gasteiger partial charge is 0.291 e. The van der Waals surface area contributed by atoms with Crippen molar-refractivity contribution in [3.05, 3.63) is 0 Å². The molecule has 0 rings (SSSR count). The maximum atomic E-state index is 9.39. The third kappa shape index (κ3) is 3.12. The van der Waals surface area contributed by atoms with Gasteiger partial charge in [0.2, 0.25) is 6.29 Å². The quantitative estimate of drug-likeness (QED) is 0.237. The minimum Gasteiger partial charge on any atom is -0.291 e. The van der Waals surface area contributed by atoms with Gasteiger partial charge in [-0.15, -0.1) is 4.67 Å². The summed E-state index contributed by atoms with van der Waals surface area (Å²) in [7, 11) is 0. The third-order valence-electron chi connectivity index (χ3n) is 0.296. The fourth-order valence-electron chi connectivity index (χ4n) is 0.121. The van der Waals surface area contributed by atoms with E-state index in [1.807, 2.05) is 0 Å². The van der Waals surface area contributed by atoms with Gasteiger partial charge in [0.05, 0.1) is 0 Å². The largest absolute Gasteiger partial charge is 0.331 e. The van der Waals surface area contributed by atoms with Crippen molar-refractivity contribution in [2.24, 2.45) is 0 Å². The lowest BCUT2D eigenvalue weighted by atomic mass is 10.8. The summed E-state index contributed by atoms with van der Waals surface area (Å²) in [5, 5.41) is 0. The van der Waals surface area contributed by atoms with Crippen LogP contribution in [0, 0.1) is 0 Å². The molecule has 0 saturated heterocycles. The van der Waals surface area contributed by atoms with E-state index < -0.39 is 0 Å². The molecule has 0 heterocycles. The van der Waals surface area contributed by atoms with Gasteiger partial charge in [-0.05, 0) is 0 Å². The van der Waals surface area contributed by atoms with Gasteiger partial charge in [-0.3, -0.25) is 4.79 Å². The first-order valence-corrected chi connectivity index (χ1v) is 1.66. The van der Waals surface area contributed by atoms with Crippen LogP contribution in [0.15, 0.2) is 0 Å². The molecular weight excluding hydrogens is 78.0 g/mol. The fraction of sp³-hybridized carbons (Fsp3) is 0.250. The molecule has 0 aromatic heterocycles. The van der Waals surface area contributed by atoms with Crippen molar-refractivity contribution in [1.29, 1.82) is 0 Å². The minimum atomic E-state index is 0.639. The molecule has 0 N–H and O–H groups in total. The highest BCUT2D eigenvalue weighted by molar-refractivity contribution is 6.12. The Hall–Kier alpha value is -0.880. The Bertz CT molecular complexity index is 89.7. The molecule has 6 heavy (non-hydrogen) atoms. The number of hydrogen-bond donors (Lipinski definition) is 0. The number of carbonyl (C=O) groups is 1. The van der Waals surface area contributed by atoms with Crippen LogP contribution in [0.4, 0.5) is 0 Å². The van der Waals surface area contributed by atoms with Gasteiger partial charge in [0.25, 0.3) is 6.21 Å². The van der Waals surface area contributed by atoms with Crippen molar-refractivity contribution in [2.45, 2.75) is 6.92 Å². The van der Waals surface area contributed by atoms with E-state index in [1.54, 1.807) is 13.1 Å². The number of carbonyl (C=O) groups excluding carboxylic acids is 1. The molecule has 0 atom stereocenters. The number of hydrogen-bond acceptors (Lipinski definition) is 1. The van der Waals surface area contributed by atoms with Gasteiger partial charge in [-0.2, -0.15) is 0 Å². The fourth-order valence-corrected chi connectivity index (χ4v) is 0.121. The van der Waals surface area contributed by atoms with Gasteiger partial charge < -0.3 is 0 Å². The zero-order chi connectivity index (χ0) is 4.83. The van der Waals surface area contributed by atoms with Crippen LogP contribution in [0.1, 0.15) is 6.92 Å². The topological polar surface area (TPSA) is 31.2 Å². The van der Waals surface area contributed by atoms with Crippen molar-refractivity contribution in [2.75, 3.05) is 0 Å². The summed E-state index contributed by atoms with van der Waals surface area (Å²) in [6, 6.07) is 0. The van der Waals surface area contributed by atoms with Crippen LogP contribution in [0.5, 0.6) is 0 Å². The molecule has 2 nitrogen and oxygen atoms in total. The summed E-state index contributed by atoms with van der Waals surface area (Å²) in [6.45, 7) is 1.75. The number of nitrogens with zero attached hydrogens (tertiary/aromatic N) is 1. The van der Waals surface area contributed by atoms with E-state index in [1.165, 1.54) is 6.21 Å². The first-order valence-electron chi connectivity index (χ1n) is 1.66. The Morgan fingerprint density at radius 1 is 1.67 bits per heavy atom. The molecule has 0 amide bonds. The zero-order valence-electron chi connectivity index (χ0n) is 3.59. The maximum absolute atomic E-state index is 9.39. The normalized spacial score (nSPS) is 5.50. The molecule has 0 aliphatic rings. The van der Waals surface area contributed by atoms with E-state index in [0.29, 0.717) is 6.29 Å². The van der Waals surface area contributed by atoms with Gasteiger partial charge in [0.1, 0.15) is 0 Å². The standard InChI is InChI=1S/C4H6NO/c1-2-5-3-4-6/h2-4H,1H3/q+1. The van der Waals surface area contributed by atoms with E-state index in [2.05, 4.69) is 4.67 Å². The van der Waals surface area contributed by atoms with Crippen molar-refractivity contribution in [3.63, 3.8) is 0 Å². The van der Waals surface area contributed by atoms with Crippen LogP contribution in [0.25, 0.3) is 0 Å². The van der Waals surface area contributed by atoms with Gasteiger partial charge in [-0.25, -0.2) is 0 Å². The monoisotopic (exact) mass is 84.0 g/mol. The summed E-state index contributed by atoms with van der Waals surface area (Å²) in [6.07, 6.45) is 3.38. The summed E-state index contributed by atoms with van der Waals surface area (Å²) >= 11 is 0. The average molecular weight is 84.1 g/mol. The zero-order valence-corrected chi connectivity index (χ0v) is 3.59. The van der Waals surface area contributed by atoms with Gasteiger partial charge in [0, 0.05) is 6.92 Å². The SMILES string of the molecule is CC=[N+]=CC=O. The van der Waals surface area contributed by atoms with Crippen molar-refractivity contribution < 1.29 is 4.79 Å². The van der Waals surface area contributed by atoms with E-state index in [9.17, 15) is 4.79 Å². The van der Waals surface area contributed by atoms with E-state index in [0.717, 1.165) is 0 Å². The van der Waals surface area contributed by atoms with Crippen LogP contribution in [-0.2, 0) is 4.79 Å². The highest BCUT2D eigenvalue weighted by Crippen LogP contribution is 1.22. The van der Waals surface area contributed by atoms with Crippen molar-refractivity contribution >= 4 is 18.7 Å². The van der Waals surface area contributed by atoms with Gasteiger partial charge in [-0.1, -0.05) is 0 Å². The lowest BCUT2D eigenvalue weighted by molar-refractivity contribution is -0.102. The first-order chi connectivity index (χ1) is 2.91. The van der Waals surface area contributed by atoms with Crippen LogP contribution in [-0.4, -0.2) is 18.7 Å². The second-order valence-corrected chi connectivity index (χ2v) is 0.692. The predicted molar refractivity (Wildman–Crippen MR) is 26.0 cm³/mol. The molecular formula is C4H6NO+. The van der Waals surface area contributed by atoms with Crippen LogP contribution >= 0.6 is 0 Å². The molecule has 0 saturated carbocycles. The third-order valence-corrected chi connectivity index (χ3v) is 0.296. The van der Waals surface area contributed by atoms with Crippen LogP contribution in [0.3, 0.4) is 0 Å². The molecule has 0 unspecified atom stereocenters. The molecule has 0 aliphatic carbocycles. The molecule has 0 bridgehead atoms. The predicted octanol–water partition coefficient (Wildman–Crippen LogP) is -0.586. The summed E-state index contributed by atoms with van der Waals surface area (Å²) in [5.41, 5.74) is 0. The van der Waals surface area contributed by atoms with Crippen LogP contribution < -0.4 is 4.67 Å². The number of aldehydes is 1. The lowest BCUT2D eigenvalue weighted by Crippen LogP contribution is -1.77. The van der Waals surface area contributed by atoms with Crippen LogP contribution in [0.2, 0.25) is 0 Å². The average Bonchev–Trinajstić information content (AvgIpc) is 1.61. The highest BCUT2D eigenvalue weighted by Gasteiger charge is 1.65. The van der Waals surface area contributed by atoms with E-state index >= 15 is 0 Å². The Morgan fingerprint density at radius 2 is 2.33 bits per heavy atom.